The number of primary sulfonamides is 1. The molecule has 1 unspecified atom stereocenters. The van der Waals surface area contributed by atoms with Crippen molar-refractivity contribution < 1.29 is 25.6 Å². The maximum absolute atomic E-state index is 13.8. The SMILES string of the molecule is CC(c1nc2ccccc2n1C(F)F)N1CCN(S(=O)(=O)c2ccc(S(N)(=O)=O)cc2)CC1. The van der Waals surface area contributed by atoms with Gasteiger partial charge in [-0.05, 0) is 43.3 Å². The zero-order chi connectivity index (χ0) is 24.0. The van der Waals surface area contributed by atoms with Crippen molar-refractivity contribution in [2.45, 2.75) is 29.3 Å². The minimum atomic E-state index is -3.93. The molecule has 2 heterocycles. The van der Waals surface area contributed by atoms with Gasteiger partial charge in [0.05, 0.1) is 26.9 Å². The Hall–Kier alpha value is -2.45. The molecule has 4 rings (SSSR count). The number of fused-ring (bicyclic) bond motifs is 1. The van der Waals surface area contributed by atoms with Crippen LogP contribution in [0, 0.1) is 0 Å². The van der Waals surface area contributed by atoms with Gasteiger partial charge < -0.3 is 0 Å². The summed E-state index contributed by atoms with van der Waals surface area (Å²) in [5.74, 6) is 0.223. The Morgan fingerprint density at radius 2 is 1.48 bits per heavy atom. The molecule has 0 saturated carbocycles. The van der Waals surface area contributed by atoms with Crippen molar-refractivity contribution in [2.75, 3.05) is 26.2 Å². The minimum Gasteiger partial charge on any atom is -0.291 e. The molecule has 0 aliphatic carbocycles. The number of nitrogens with zero attached hydrogens (tertiary/aromatic N) is 4. The first-order valence-electron chi connectivity index (χ1n) is 10.1. The summed E-state index contributed by atoms with van der Waals surface area (Å²) in [6.07, 6.45) is 0. The first-order valence-corrected chi connectivity index (χ1v) is 13.1. The molecule has 3 aromatic rings. The van der Waals surface area contributed by atoms with Crippen LogP contribution in [0.15, 0.2) is 58.3 Å². The van der Waals surface area contributed by atoms with Crippen LogP contribution in [-0.4, -0.2) is 61.8 Å². The van der Waals surface area contributed by atoms with Crippen molar-refractivity contribution >= 4 is 31.1 Å². The molecule has 33 heavy (non-hydrogen) atoms. The normalized spacial score (nSPS) is 17.6. The van der Waals surface area contributed by atoms with Crippen LogP contribution in [-0.2, 0) is 20.0 Å². The Bertz CT molecular complexity index is 1370. The second-order valence-corrected chi connectivity index (χ2v) is 11.2. The van der Waals surface area contributed by atoms with Crippen molar-refractivity contribution in [1.29, 1.82) is 0 Å². The number of halogens is 2. The van der Waals surface area contributed by atoms with Gasteiger partial charge in [0.15, 0.2) is 0 Å². The molecule has 2 aromatic carbocycles. The lowest BCUT2D eigenvalue weighted by atomic mass is 10.2. The molecule has 0 bridgehead atoms. The fraction of sp³-hybridized carbons (Fsp3) is 0.350. The van der Waals surface area contributed by atoms with E-state index in [2.05, 4.69) is 4.98 Å². The molecule has 1 fully saturated rings. The summed E-state index contributed by atoms with van der Waals surface area (Å²) >= 11 is 0. The number of hydrogen-bond acceptors (Lipinski definition) is 6. The van der Waals surface area contributed by atoms with Crippen LogP contribution < -0.4 is 5.14 Å². The van der Waals surface area contributed by atoms with Gasteiger partial charge in [0.25, 0.3) is 0 Å². The average Bonchev–Trinajstić information content (AvgIpc) is 3.18. The van der Waals surface area contributed by atoms with Gasteiger partial charge in [0.2, 0.25) is 20.0 Å². The van der Waals surface area contributed by atoms with Crippen LogP contribution in [0.3, 0.4) is 0 Å². The number of imidazole rings is 1. The van der Waals surface area contributed by atoms with Gasteiger partial charge in [-0.3, -0.25) is 9.47 Å². The van der Waals surface area contributed by atoms with E-state index >= 15 is 0 Å². The molecular weight excluding hydrogens is 476 g/mol. The van der Waals surface area contributed by atoms with Crippen LogP contribution in [0.5, 0.6) is 0 Å². The van der Waals surface area contributed by atoms with Gasteiger partial charge in [-0.2, -0.15) is 13.1 Å². The molecule has 1 aromatic heterocycles. The molecule has 1 aliphatic heterocycles. The number of sulfonamides is 2. The average molecular weight is 500 g/mol. The smallest absolute Gasteiger partial charge is 0.291 e. The number of nitrogens with two attached hydrogens (primary N) is 1. The number of piperazine rings is 1. The van der Waals surface area contributed by atoms with Crippen LogP contribution in [0.25, 0.3) is 11.0 Å². The lowest BCUT2D eigenvalue weighted by Crippen LogP contribution is -2.49. The van der Waals surface area contributed by atoms with Crippen LogP contribution >= 0.6 is 0 Å². The van der Waals surface area contributed by atoms with Crippen molar-refractivity contribution in [3.63, 3.8) is 0 Å². The predicted molar refractivity (Wildman–Crippen MR) is 118 cm³/mol. The highest BCUT2D eigenvalue weighted by Crippen LogP contribution is 2.30. The highest BCUT2D eigenvalue weighted by Gasteiger charge is 2.32. The van der Waals surface area contributed by atoms with Gasteiger partial charge in [-0.15, -0.1) is 0 Å². The van der Waals surface area contributed by atoms with Gasteiger partial charge in [-0.1, -0.05) is 12.1 Å². The standard InChI is InChI=1S/C20H23F2N5O4S2/c1-14(19-24-17-4-2-3-5-18(17)27(19)20(21)22)25-10-12-26(13-11-25)33(30,31)16-8-6-15(7-9-16)32(23,28)29/h2-9,14,20H,10-13H2,1H3,(H2,23,28,29). The van der Waals surface area contributed by atoms with E-state index in [1.54, 1.807) is 31.2 Å². The first kappa shape index (κ1) is 23.7. The van der Waals surface area contributed by atoms with E-state index in [1.807, 2.05) is 4.90 Å². The number of para-hydroxylation sites is 2. The van der Waals surface area contributed by atoms with Gasteiger partial charge in [0, 0.05) is 26.2 Å². The van der Waals surface area contributed by atoms with Crippen LogP contribution in [0.4, 0.5) is 8.78 Å². The third kappa shape index (κ3) is 4.51. The van der Waals surface area contributed by atoms with E-state index in [4.69, 9.17) is 5.14 Å². The fourth-order valence-corrected chi connectivity index (χ4v) is 5.95. The Morgan fingerprint density at radius 1 is 0.909 bits per heavy atom. The lowest BCUT2D eigenvalue weighted by molar-refractivity contribution is 0.0616. The summed E-state index contributed by atoms with van der Waals surface area (Å²) in [4.78, 5) is 6.09. The predicted octanol–water partition coefficient (Wildman–Crippen LogP) is 2.15. The molecule has 178 valence electrons. The van der Waals surface area contributed by atoms with Gasteiger partial charge >= 0.3 is 6.55 Å². The second-order valence-electron chi connectivity index (χ2n) is 7.74. The third-order valence-corrected chi connectivity index (χ3v) is 8.65. The molecule has 1 aliphatic rings. The minimum absolute atomic E-state index is 0.0455. The van der Waals surface area contributed by atoms with E-state index in [0.29, 0.717) is 24.1 Å². The number of hydrogen-bond donors (Lipinski definition) is 1. The Kier molecular flexibility index (Phi) is 6.26. The highest BCUT2D eigenvalue weighted by molar-refractivity contribution is 7.89. The van der Waals surface area contributed by atoms with Crippen LogP contribution in [0.1, 0.15) is 25.3 Å². The molecule has 0 radical (unpaired) electrons. The van der Waals surface area contributed by atoms with E-state index < -0.39 is 32.6 Å². The fourth-order valence-electron chi connectivity index (χ4n) is 4.01. The first-order chi connectivity index (χ1) is 15.5. The summed E-state index contributed by atoms with van der Waals surface area (Å²) in [5.41, 5.74) is 0.822. The molecule has 0 spiro atoms. The van der Waals surface area contributed by atoms with E-state index in [0.717, 1.165) is 16.7 Å². The molecular formula is C20H23F2N5O4S2. The Labute approximate surface area is 190 Å². The number of aromatic nitrogens is 2. The summed E-state index contributed by atoms with van der Waals surface area (Å²) in [6, 6.07) is 10.9. The Balaban J connectivity index is 1.51. The van der Waals surface area contributed by atoms with E-state index in [9.17, 15) is 25.6 Å². The summed E-state index contributed by atoms with van der Waals surface area (Å²) in [6.45, 7) is -0.0332. The zero-order valence-electron chi connectivity index (χ0n) is 17.7. The molecule has 2 N–H and O–H groups in total. The second kappa shape index (κ2) is 8.72. The maximum atomic E-state index is 13.8. The zero-order valence-corrected chi connectivity index (χ0v) is 19.3. The van der Waals surface area contributed by atoms with E-state index in [-0.39, 0.29) is 28.7 Å². The Morgan fingerprint density at radius 3 is 2.06 bits per heavy atom. The third-order valence-electron chi connectivity index (χ3n) is 5.80. The van der Waals surface area contributed by atoms with Gasteiger partial charge in [-0.25, -0.2) is 27.0 Å². The van der Waals surface area contributed by atoms with Crippen LogP contribution in [0.2, 0.25) is 0 Å². The molecule has 1 saturated heterocycles. The number of alkyl halides is 2. The molecule has 0 amide bonds. The van der Waals surface area contributed by atoms with Gasteiger partial charge in [0.1, 0.15) is 5.82 Å². The summed E-state index contributed by atoms with van der Waals surface area (Å²) < 4.78 is 78.5. The molecule has 13 heteroatoms. The number of benzene rings is 2. The lowest BCUT2D eigenvalue weighted by Gasteiger charge is -2.37. The van der Waals surface area contributed by atoms with Crippen molar-refractivity contribution in [3.05, 3.63) is 54.4 Å². The molecule has 1 atom stereocenters. The van der Waals surface area contributed by atoms with Crippen molar-refractivity contribution in [2.24, 2.45) is 5.14 Å². The topological polar surface area (TPSA) is 119 Å². The quantitative estimate of drug-likeness (QED) is 0.555. The van der Waals surface area contributed by atoms with E-state index in [1.165, 1.54) is 16.4 Å². The van der Waals surface area contributed by atoms with Crippen molar-refractivity contribution in [3.8, 4) is 0 Å². The highest BCUT2D eigenvalue weighted by atomic mass is 32.2. The molecule has 9 nitrogen and oxygen atoms in total. The largest absolute Gasteiger partial charge is 0.320 e. The maximum Gasteiger partial charge on any atom is 0.320 e. The van der Waals surface area contributed by atoms with Crippen molar-refractivity contribution in [1.82, 2.24) is 18.8 Å². The summed E-state index contributed by atoms with van der Waals surface area (Å²) in [5, 5.41) is 5.06. The monoisotopic (exact) mass is 499 g/mol. The summed E-state index contributed by atoms with van der Waals surface area (Å²) in [7, 11) is -7.78. The number of rotatable bonds is 6.